The van der Waals surface area contributed by atoms with Gasteiger partial charge in [0.15, 0.2) is 0 Å². The number of hydrogen-bond acceptors (Lipinski definition) is 4. The van der Waals surface area contributed by atoms with Crippen molar-refractivity contribution in [2.75, 3.05) is 13.7 Å². The van der Waals surface area contributed by atoms with Crippen molar-refractivity contribution in [3.8, 4) is 0 Å². The second-order valence-electron chi connectivity index (χ2n) is 6.69. The molecule has 0 aromatic heterocycles. The molecule has 0 aromatic carbocycles. The van der Waals surface area contributed by atoms with Crippen LogP contribution in [-0.4, -0.2) is 30.8 Å². The molecule has 0 aromatic rings. The van der Waals surface area contributed by atoms with Crippen molar-refractivity contribution in [3.05, 3.63) is 0 Å². The molecule has 7 atom stereocenters. The monoisotopic (exact) mass is 269 g/mol. The van der Waals surface area contributed by atoms with Crippen LogP contribution >= 0.6 is 0 Å². The van der Waals surface area contributed by atoms with E-state index in [-0.39, 0.29) is 12.0 Å². The summed E-state index contributed by atoms with van der Waals surface area (Å²) in [5.41, 5.74) is 6.08. The van der Waals surface area contributed by atoms with Gasteiger partial charge in [-0.2, -0.15) is 0 Å². The molecule has 3 aliphatic rings. The number of hydrogen-bond donors (Lipinski definition) is 2. The first-order chi connectivity index (χ1) is 9.10. The first kappa shape index (κ1) is 13.8. The van der Waals surface area contributed by atoms with Gasteiger partial charge in [0, 0.05) is 13.0 Å². The largest absolute Gasteiger partial charge is 0.343 e. The van der Waals surface area contributed by atoms with E-state index in [0.717, 1.165) is 12.3 Å². The molecule has 19 heavy (non-hydrogen) atoms. The van der Waals surface area contributed by atoms with Crippen molar-refractivity contribution in [1.82, 2.24) is 0 Å². The Morgan fingerprint density at radius 2 is 2.11 bits per heavy atom. The first-order valence-corrected chi connectivity index (χ1v) is 7.76. The van der Waals surface area contributed by atoms with Crippen LogP contribution in [0.15, 0.2) is 0 Å². The van der Waals surface area contributed by atoms with Gasteiger partial charge in [-0.25, -0.2) is 0 Å². The van der Waals surface area contributed by atoms with Gasteiger partial charge in [0.05, 0.1) is 6.10 Å². The lowest BCUT2D eigenvalue weighted by atomic mass is 9.57. The average molecular weight is 269 g/mol. The molecule has 2 saturated carbocycles. The lowest BCUT2D eigenvalue weighted by Gasteiger charge is -2.48. The van der Waals surface area contributed by atoms with Gasteiger partial charge in [0.2, 0.25) is 0 Å². The Balaban J connectivity index is 1.90. The topological polar surface area (TPSA) is 64.7 Å². The standard InChI is InChI=1S/C15H27NO3/c1-9-14-12(8-16)11-6-4-3-5-10(11)7-13(14)15(17,18-2)19-9/h9-14,17H,3-8,16H2,1-2H3/t9-,10?,11?,12+,13?,14?,15-/m0/s1. The van der Waals surface area contributed by atoms with E-state index in [1.54, 1.807) is 7.11 Å². The number of aliphatic hydroxyl groups is 1. The van der Waals surface area contributed by atoms with Crippen molar-refractivity contribution in [1.29, 1.82) is 0 Å². The number of rotatable bonds is 2. The molecule has 2 aliphatic carbocycles. The van der Waals surface area contributed by atoms with E-state index in [2.05, 4.69) is 6.92 Å². The summed E-state index contributed by atoms with van der Waals surface area (Å²) in [5.74, 6) is 0.933. The molecule has 0 bridgehead atoms. The maximum Gasteiger partial charge on any atom is 0.283 e. The molecular formula is C15H27NO3. The zero-order chi connectivity index (χ0) is 13.6. The lowest BCUT2D eigenvalue weighted by Crippen LogP contribution is -2.50. The minimum Gasteiger partial charge on any atom is -0.343 e. The number of ether oxygens (including phenoxy) is 2. The molecule has 1 aliphatic heterocycles. The SMILES string of the molecule is CO[C@]1(O)O[C@@H](C)C2C1CC1CCCCC1[C@H]2CN. The van der Waals surface area contributed by atoms with Crippen molar-refractivity contribution in [2.45, 2.75) is 51.1 Å². The summed E-state index contributed by atoms with van der Waals surface area (Å²) in [6.45, 7) is 2.76. The lowest BCUT2D eigenvalue weighted by molar-refractivity contribution is -0.359. The maximum absolute atomic E-state index is 10.6. The predicted molar refractivity (Wildman–Crippen MR) is 72.1 cm³/mol. The van der Waals surface area contributed by atoms with E-state index in [1.807, 2.05) is 0 Å². The van der Waals surface area contributed by atoms with E-state index >= 15 is 0 Å². The van der Waals surface area contributed by atoms with Crippen molar-refractivity contribution >= 4 is 0 Å². The van der Waals surface area contributed by atoms with Crippen molar-refractivity contribution < 1.29 is 14.6 Å². The zero-order valence-electron chi connectivity index (χ0n) is 12.0. The van der Waals surface area contributed by atoms with Crippen LogP contribution in [0, 0.1) is 29.6 Å². The Bertz CT molecular complexity index is 337. The molecule has 0 radical (unpaired) electrons. The molecule has 3 fully saturated rings. The highest BCUT2D eigenvalue weighted by Gasteiger charge is 2.60. The highest BCUT2D eigenvalue weighted by molar-refractivity contribution is 5.01. The normalized spacial score (nSPS) is 53.7. The third-order valence-electron chi connectivity index (χ3n) is 5.96. The van der Waals surface area contributed by atoms with Gasteiger partial charge in [-0.05, 0) is 50.0 Å². The predicted octanol–water partition coefficient (Wildman–Crippen LogP) is 1.71. The second kappa shape index (κ2) is 4.99. The van der Waals surface area contributed by atoms with Gasteiger partial charge in [-0.15, -0.1) is 0 Å². The van der Waals surface area contributed by atoms with E-state index < -0.39 is 5.97 Å². The van der Waals surface area contributed by atoms with Gasteiger partial charge in [0.25, 0.3) is 5.97 Å². The van der Waals surface area contributed by atoms with Crippen LogP contribution in [0.5, 0.6) is 0 Å². The first-order valence-electron chi connectivity index (χ1n) is 7.76. The molecular weight excluding hydrogens is 242 g/mol. The number of fused-ring (bicyclic) bond motifs is 2. The van der Waals surface area contributed by atoms with Gasteiger partial charge in [-0.3, -0.25) is 0 Å². The Morgan fingerprint density at radius 1 is 1.37 bits per heavy atom. The van der Waals surface area contributed by atoms with Crippen LogP contribution in [0.25, 0.3) is 0 Å². The Morgan fingerprint density at radius 3 is 2.79 bits per heavy atom. The highest BCUT2D eigenvalue weighted by Crippen LogP contribution is 2.56. The fourth-order valence-electron chi connectivity index (χ4n) is 5.19. The Kier molecular flexibility index (Phi) is 3.63. The minimum atomic E-state index is -1.39. The van der Waals surface area contributed by atoms with Crippen LogP contribution < -0.4 is 5.73 Å². The number of nitrogens with two attached hydrogens (primary N) is 1. The molecule has 4 heteroatoms. The molecule has 1 heterocycles. The molecule has 4 nitrogen and oxygen atoms in total. The fraction of sp³-hybridized carbons (Fsp3) is 1.00. The Labute approximate surface area is 115 Å². The van der Waals surface area contributed by atoms with Crippen LogP contribution in [-0.2, 0) is 9.47 Å². The van der Waals surface area contributed by atoms with E-state index in [1.165, 1.54) is 25.7 Å². The zero-order valence-corrected chi connectivity index (χ0v) is 12.0. The highest BCUT2D eigenvalue weighted by atomic mass is 16.8. The summed E-state index contributed by atoms with van der Waals surface area (Å²) in [6.07, 6.45) is 6.29. The molecule has 4 unspecified atom stereocenters. The minimum absolute atomic E-state index is 0.0337. The van der Waals surface area contributed by atoms with Crippen LogP contribution in [0.2, 0.25) is 0 Å². The van der Waals surface area contributed by atoms with Gasteiger partial charge >= 0.3 is 0 Å². The van der Waals surface area contributed by atoms with Crippen LogP contribution in [0.3, 0.4) is 0 Å². The van der Waals surface area contributed by atoms with Crippen LogP contribution in [0.1, 0.15) is 39.0 Å². The van der Waals surface area contributed by atoms with Gasteiger partial charge in [-0.1, -0.05) is 19.3 Å². The smallest absolute Gasteiger partial charge is 0.283 e. The van der Waals surface area contributed by atoms with Gasteiger partial charge in [0.1, 0.15) is 0 Å². The average Bonchev–Trinajstić information content (AvgIpc) is 2.69. The van der Waals surface area contributed by atoms with E-state index in [4.69, 9.17) is 15.2 Å². The molecule has 0 amide bonds. The Hall–Kier alpha value is -0.160. The van der Waals surface area contributed by atoms with Crippen molar-refractivity contribution in [2.24, 2.45) is 35.3 Å². The van der Waals surface area contributed by atoms with E-state index in [9.17, 15) is 5.11 Å². The summed E-state index contributed by atoms with van der Waals surface area (Å²) < 4.78 is 11.1. The van der Waals surface area contributed by atoms with Crippen LogP contribution in [0.4, 0.5) is 0 Å². The maximum atomic E-state index is 10.6. The fourth-order valence-corrected chi connectivity index (χ4v) is 5.19. The van der Waals surface area contributed by atoms with E-state index in [0.29, 0.717) is 24.3 Å². The van der Waals surface area contributed by atoms with Gasteiger partial charge < -0.3 is 20.3 Å². The number of methoxy groups -OCH3 is 1. The third kappa shape index (κ3) is 2.04. The summed E-state index contributed by atoms with van der Waals surface area (Å²) in [4.78, 5) is 0. The third-order valence-corrected chi connectivity index (χ3v) is 5.96. The summed E-state index contributed by atoms with van der Waals surface area (Å²) in [6, 6.07) is 0. The summed E-state index contributed by atoms with van der Waals surface area (Å²) in [5, 5.41) is 10.6. The molecule has 1 saturated heterocycles. The van der Waals surface area contributed by atoms with Crippen molar-refractivity contribution in [3.63, 3.8) is 0 Å². The molecule has 110 valence electrons. The summed E-state index contributed by atoms with van der Waals surface area (Å²) in [7, 11) is 1.54. The second-order valence-corrected chi connectivity index (χ2v) is 6.69. The summed E-state index contributed by atoms with van der Waals surface area (Å²) >= 11 is 0. The molecule has 3 rings (SSSR count). The molecule has 3 N–H and O–H groups in total. The molecule has 0 spiro atoms. The quantitative estimate of drug-likeness (QED) is 0.749.